The van der Waals surface area contributed by atoms with Crippen molar-refractivity contribution in [2.45, 2.75) is 0 Å². The number of hydrogen-bond donors (Lipinski definition) is 1. The zero-order valence-electron chi connectivity index (χ0n) is 15.2. The first-order chi connectivity index (χ1) is 13.7. The molecule has 0 bridgehead atoms. The van der Waals surface area contributed by atoms with E-state index < -0.39 is 0 Å². The number of amides is 1. The lowest BCUT2D eigenvalue weighted by atomic mass is 10.1. The minimum atomic E-state index is -0.245. The van der Waals surface area contributed by atoms with Crippen molar-refractivity contribution in [1.29, 1.82) is 0 Å². The van der Waals surface area contributed by atoms with Gasteiger partial charge in [0.05, 0.1) is 12.8 Å². The lowest BCUT2D eigenvalue weighted by Crippen LogP contribution is -2.15. The van der Waals surface area contributed by atoms with Crippen molar-refractivity contribution in [2.24, 2.45) is 0 Å². The Morgan fingerprint density at radius 2 is 2.04 bits per heavy atom. The summed E-state index contributed by atoms with van der Waals surface area (Å²) in [4.78, 5) is 16.7. The third kappa shape index (κ3) is 4.15. The number of hydrogen-bond acceptors (Lipinski definition) is 6. The zero-order valence-corrected chi connectivity index (χ0v) is 16.0. The third-order valence-electron chi connectivity index (χ3n) is 4.09. The summed E-state index contributed by atoms with van der Waals surface area (Å²) in [6.45, 7) is 1.09. The summed E-state index contributed by atoms with van der Waals surface area (Å²) in [5.41, 5.74) is 2.56. The van der Waals surface area contributed by atoms with Crippen LogP contribution in [0.5, 0.6) is 17.2 Å². The summed E-state index contributed by atoms with van der Waals surface area (Å²) < 4.78 is 16.3. The number of nitrogens with one attached hydrogen (secondary N) is 1. The predicted molar refractivity (Wildman–Crippen MR) is 109 cm³/mol. The minimum Gasteiger partial charge on any atom is -0.497 e. The second-order valence-electron chi connectivity index (χ2n) is 6.00. The van der Waals surface area contributed by atoms with Gasteiger partial charge < -0.3 is 14.2 Å². The molecule has 3 aromatic rings. The first kappa shape index (κ1) is 18.1. The van der Waals surface area contributed by atoms with Crippen LogP contribution >= 0.6 is 11.3 Å². The van der Waals surface area contributed by atoms with Crippen molar-refractivity contribution in [3.8, 4) is 28.5 Å². The van der Waals surface area contributed by atoms with E-state index in [-0.39, 0.29) is 5.91 Å². The molecule has 0 atom stereocenters. The van der Waals surface area contributed by atoms with Crippen molar-refractivity contribution >= 4 is 28.5 Å². The summed E-state index contributed by atoms with van der Waals surface area (Å²) in [6.07, 6.45) is 3.20. The molecule has 2 aromatic carbocycles. The number of rotatable bonds is 5. The SMILES string of the molecule is COc1cccc(C=CC(=O)Nc2nc(-c3ccc4c(c3)OCCO4)cs2)c1. The predicted octanol–water partition coefficient (Wildman–Crippen LogP) is 4.24. The Bertz CT molecular complexity index is 1030. The molecule has 142 valence electrons. The maximum atomic E-state index is 12.2. The molecule has 0 radical (unpaired) electrons. The molecule has 0 unspecified atom stereocenters. The van der Waals surface area contributed by atoms with Gasteiger partial charge in [0.2, 0.25) is 5.91 Å². The van der Waals surface area contributed by atoms with Crippen LogP contribution in [0.2, 0.25) is 0 Å². The fraction of sp³-hybridized carbons (Fsp3) is 0.143. The summed E-state index contributed by atoms with van der Waals surface area (Å²) in [6, 6.07) is 13.2. The topological polar surface area (TPSA) is 69.7 Å². The van der Waals surface area contributed by atoms with Crippen molar-refractivity contribution in [3.63, 3.8) is 0 Å². The van der Waals surface area contributed by atoms with Crippen LogP contribution in [-0.4, -0.2) is 31.2 Å². The Hall–Kier alpha value is -3.32. The lowest BCUT2D eigenvalue weighted by Gasteiger charge is -2.18. The summed E-state index contributed by atoms with van der Waals surface area (Å²) in [7, 11) is 1.61. The van der Waals surface area contributed by atoms with E-state index in [9.17, 15) is 4.79 Å². The van der Waals surface area contributed by atoms with E-state index in [2.05, 4.69) is 10.3 Å². The highest BCUT2D eigenvalue weighted by atomic mass is 32.1. The fourth-order valence-corrected chi connectivity index (χ4v) is 3.45. The number of anilines is 1. The molecule has 0 spiro atoms. The van der Waals surface area contributed by atoms with Crippen molar-refractivity contribution < 1.29 is 19.0 Å². The van der Waals surface area contributed by atoms with Crippen LogP contribution in [0, 0.1) is 0 Å². The minimum absolute atomic E-state index is 0.245. The van der Waals surface area contributed by atoms with Crippen LogP contribution in [0.4, 0.5) is 5.13 Å². The van der Waals surface area contributed by atoms with Crippen molar-refractivity contribution in [2.75, 3.05) is 25.6 Å². The van der Waals surface area contributed by atoms with Crippen LogP contribution < -0.4 is 19.5 Å². The van der Waals surface area contributed by atoms with Crippen LogP contribution in [0.15, 0.2) is 53.9 Å². The number of aromatic nitrogens is 1. The molecule has 1 aliphatic heterocycles. The number of carbonyl (C=O) groups is 1. The largest absolute Gasteiger partial charge is 0.497 e. The molecule has 2 heterocycles. The average Bonchev–Trinajstić information content (AvgIpc) is 3.20. The molecule has 0 aliphatic carbocycles. The van der Waals surface area contributed by atoms with E-state index in [0.29, 0.717) is 24.1 Å². The van der Waals surface area contributed by atoms with Gasteiger partial charge in [-0.25, -0.2) is 4.98 Å². The van der Waals surface area contributed by atoms with E-state index in [1.807, 2.05) is 47.8 Å². The highest BCUT2D eigenvalue weighted by Crippen LogP contribution is 2.35. The molecule has 0 saturated heterocycles. The Balaban J connectivity index is 1.43. The molecule has 1 aromatic heterocycles. The Morgan fingerprint density at radius 1 is 1.18 bits per heavy atom. The standard InChI is InChI=1S/C21H18N2O4S/c1-25-16-4-2-3-14(11-16)5-8-20(24)23-21-22-17(13-28-21)15-6-7-18-19(12-15)27-10-9-26-18/h2-8,11-13H,9-10H2,1H3,(H,22,23,24). The monoisotopic (exact) mass is 394 g/mol. The molecule has 0 fully saturated rings. The second kappa shape index (κ2) is 8.14. The number of ether oxygens (including phenoxy) is 3. The van der Waals surface area contributed by atoms with Gasteiger partial charge in [-0.2, -0.15) is 0 Å². The first-order valence-electron chi connectivity index (χ1n) is 8.70. The quantitative estimate of drug-likeness (QED) is 0.656. The highest BCUT2D eigenvalue weighted by molar-refractivity contribution is 7.14. The molecule has 1 amide bonds. The number of methoxy groups -OCH3 is 1. The molecule has 4 rings (SSSR count). The average molecular weight is 394 g/mol. The van der Waals surface area contributed by atoms with Crippen molar-refractivity contribution in [1.82, 2.24) is 4.98 Å². The Morgan fingerprint density at radius 3 is 2.89 bits per heavy atom. The molecule has 6 nitrogen and oxygen atoms in total. The van der Waals surface area contributed by atoms with E-state index in [0.717, 1.165) is 28.3 Å². The van der Waals surface area contributed by atoms with Crippen LogP contribution in [-0.2, 0) is 4.79 Å². The van der Waals surface area contributed by atoms with Gasteiger partial charge in [-0.15, -0.1) is 11.3 Å². The maximum Gasteiger partial charge on any atom is 0.250 e. The number of fused-ring (bicyclic) bond motifs is 1. The summed E-state index contributed by atoms with van der Waals surface area (Å²) >= 11 is 1.37. The van der Waals surface area contributed by atoms with E-state index in [1.165, 1.54) is 17.4 Å². The Kier molecular flexibility index (Phi) is 5.25. The molecule has 1 aliphatic rings. The second-order valence-corrected chi connectivity index (χ2v) is 6.85. The maximum absolute atomic E-state index is 12.2. The third-order valence-corrected chi connectivity index (χ3v) is 4.85. The normalized spacial score (nSPS) is 12.8. The van der Waals surface area contributed by atoms with Gasteiger partial charge in [0.1, 0.15) is 19.0 Å². The fourth-order valence-electron chi connectivity index (χ4n) is 2.73. The van der Waals surface area contributed by atoms with Gasteiger partial charge >= 0.3 is 0 Å². The number of thiazole rings is 1. The van der Waals surface area contributed by atoms with Gasteiger partial charge in [0.25, 0.3) is 0 Å². The van der Waals surface area contributed by atoms with Crippen LogP contribution in [0.25, 0.3) is 17.3 Å². The number of benzene rings is 2. The lowest BCUT2D eigenvalue weighted by molar-refractivity contribution is -0.111. The molecule has 28 heavy (non-hydrogen) atoms. The highest BCUT2D eigenvalue weighted by Gasteiger charge is 2.14. The van der Waals surface area contributed by atoms with Crippen LogP contribution in [0.3, 0.4) is 0 Å². The first-order valence-corrected chi connectivity index (χ1v) is 9.58. The van der Waals surface area contributed by atoms with Crippen molar-refractivity contribution in [3.05, 3.63) is 59.5 Å². The molecule has 7 heteroatoms. The summed E-state index contributed by atoms with van der Waals surface area (Å²) in [5, 5.41) is 5.22. The molecule has 1 N–H and O–H groups in total. The van der Waals surface area contributed by atoms with Gasteiger partial charge in [-0.05, 0) is 42.0 Å². The van der Waals surface area contributed by atoms with E-state index >= 15 is 0 Å². The van der Waals surface area contributed by atoms with Gasteiger partial charge in [0.15, 0.2) is 16.6 Å². The molecule has 0 saturated carbocycles. The van der Waals surface area contributed by atoms with Crippen LogP contribution in [0.1, 0.15) is 5.56 Å². The smallest absolute Gasteiger partial charge is 0.250 e. The molecular weight excluding hydrogens is 376 g/mol. The molecular formula is C21H18N2O4S. The number of nitrogens with zero attached hydrogens (tertiary/aromatic N) is 1. The van der Waals surface area contributed by atoms with Gasteiger partial charge in [0, 0.05) is 17.0 Å². The van der Waals surface area contributed by atoms with Gasteiger partial charge in [-0.3, -0.25) is 10.1 Å². The number of carbonyl (C=O) groups excluding carboxylic acids is 1. The van der Waals surface area contributed by atoms with Gasteiger partial charge in [-0.1, -0.05) is 12.1 Å². The van der Waals surface area contributed by atoms with E-state index in [1.54, 1.807) is 13.2 Å². The Labute approximate surface area is 166 Å². The zero-order chi connectivity index (χ0) is 19.3. The van der Waals surface area contributed by atoms with E-state index in [4.69, 9.17) is 14.2 Å². The summed E-state index contributed by atoms with van der Waals surface area (Å²) in [5.74, 6) is 1.95.